The molecule has 1 aromatic heterocycles. The molecule has 0 radical (unpaired) electrons. The molecular weight excluding hydrogens is 254 g/mol. The molecule has 20 heavy (non-hydrogen) atoms. The average molecular weight is 283 g/mol. The summed E-state index contributed by atoms with van der Waals surface area (Å²) in [6, 6.07) is 0.170. The molecule has 6 nitrogen and oxygen atoms in total. The first-order chi connectivity index (χ1) is 9.50. The summed E-state index contributed by atoms with van der Waals surface area (Å²) in [5.74, 6) is 2.10. The lowest BCUT2D eigenvalue weighted by atomic mass is 10.2. The Kier molecular flexibility index (Phi) is 7.69. The summed E-state index contributed by atoms with van der Waals surface area (Å²) in [4.78, 5) is 0. The molecule has 6 heteroatoms. The Morgan fingerprint density at radius 1 is 1.15 bits per heavy atom. The SMILES string of the molecule is CC(C)CNC(C)c1nnnn1CCCOCC(C)C. The van der Waals surface area contributed by atoms with E-state index in [4.69, 9.17) is 4.74 Å². The van der Waals surface area contributed by atoms with Gasteiger partial charge in [0.25, 0.3) is 0 Å². The van der Waals surface area contributed by atoms with Gasteiger partial charge in [-0.2, -0.15) is 0 Å². The molecule has 0 saturated carbocycles. The predicted molar refractivity (Wildman–Crippen MR) is 79.3 cm³/mol. The molecule has 0 amide bonds. The standard InChI is InChI=1S/C14H29N5O/c1-11(2)9-15-13(5)14-16-17-18-19(14)7-6-8-20-10-12(3)4/h11-13,15H,6-10H2,1-5H3. The van der Waals surface area contributed by atoms with Crippen molar-refractivity contribution in [3.8, 4) is 0 Å². The quantitative estimate of drug-likeness (QED) is 0.666. The lowest BCUT2D eigenvalue weighted by Crippen LogP contribution is -2.26. The maximum Gasteiger partial charge on any atom is 0.167 e. The van der Waals surface area contributed by atoms with E-state index >= 15 is 0 Å². The Bertz CT molecular complexity index is 364. The molecule has 0 spiro atoms. The zero-order valence-electron chi connectivity index (χ0n) is 13.5. The highest BCUT2D eigenvalue weighted by atomic mass is 16.5. The van der Waals surface area contributed by atoms with Crippen molar-refractivity contribution in [2.24, 2.45) is 11.8 Å². The van der Waals surface area contributed by atoms with Crippen LogP contribution >= 0.6 is 0 Å². The molecule has 0 aliphatic rings. The van der Waals surface area contributed by atoms with Crippen LogP contribution in [0.1, 0.15) is 52.9 Å². The maximum absolute atomic E-state index is 5.58. The number of ether oxygens (including phenoxy) is 1. The van der Waals surface area contributed by atoms with Crippen molar-refractivity contribution in [2.75, 3.05) is 19.8 Å². The lowest BCUT2D eigenvalue weighted by Gasteiger charge is -2.15. The third-order valence-corrected chi connectivity index (χ3v) is 2.89. The summed E-state index contributed by atoms with van der Waals surface area (Å²) in [6.45, 7) is 14.1. The summed E-state index contributed by atoms with van der Waals surface area (Å²) in [5, 5.41) is 15.4. The van der Waals surface area contributed by atoms with E-state index in [1.807, 2.05) is 4.68 Å². The third-order valence-electron chi connectivity index (χ3n) is 2.89. The van der Waals surface area contributed by atoms with Gasteiger partial charge in [-0.25, -0.2) is 4.68 Å². The highest BCUT2D eigenvalue weighted by Gasteiger charge is 2.14. The number of aryl methyl sites for hydroxylation is 1. The molecule has 1 rings (SSSR count). The molecule has 0 fully saturated rings. The number of tetrazole rings is 1. The molecule has 0 bridgehead atoms. The van der Waals surface area contributed by atoms with Crippen molar-refractivity contribution >= 4 is 0 Å². The van der Waals surface area contributed by atoms with Crippen LogP contribution < -0.4 is 5.32 Å². The Labute approximate surface area is 122 Å². The Balaban J connectivity index is 2.34. The van der Waals surface area contributed by atoms with Gasteiger partial charge in [-0.1, -0.05) is 27.7 Å². The van der Waals surface area contributed by atoms with E-state index in [9.17, 15) is 0 Å². The Hall–Kier alpha value is -1.01. The molecular formula is C14H29N5O. The predicted octanol–water partition coefficient (Wildman–Crippen LogP) is 2.04. The second-order valence-electron chi connectivity index (χ2n) is 6.11. The minimum absolute atomic E-state index is 0.170. The first kappa shape index (κ1) is 17.0. The summed E-state index contributed by atoms with van der Waals surface area (Å²) < 4.78 is 7.45. The van der Waals surface area contributed by atoms with E-state index < -0.39 is 0 Å². The van der Waals surface area contributed by atoms with Crippen molar-refractivity contribution in [3.63, 3.8) is 0 Å². The van der Waals surface area contributed by atoms with E-state index in [0.29, 0.717) is 11.8 Å². The highest BCUT2D eigenvalue weighted by Crippen LogP contribution is 2.08. The van der Waals surface area contributed by atoms with E-state index in [1.54, 1.807) is 0 Å². The summed E-state index contributed by atoms with van der Waals surface area (Å²) >= 11 is 0. The molecule has 0 saturated heterocycles. The molecule has 116 valence electrons. The van der Waals surface area contributed by atoms with Crippen LogP contribution in [0.25, 0.3) is 0 Å². The summed E-state index contributed by atoms with van der Waals surface area (Å²) in [5.41, 5.74) is 0. The van der Waals surface area contributed by atoms with Crippen molar-refractivity contribution in [3.05, 3.63) is 5.82 Å². The van der Waals surface area contributed by atoms with Gasteiger partial charge in [-0.3, -0.25) is 0 Å². The van der Waals surface area contributed by atoms with Gasteiger partial charge in [0.2, 0.25) is 0 Å². The van der Waals surface area contributed by atoms with Gasteiger partial charge in [-0.15, -0.1) is 5.10 Å². The van der Waals surface area contributed by atoms with E-state index in [2.05, 4.69) is 55.5 Å². The van der Waals surface area contributed by atoms with E-state index in [-0.39, 0.29) is 6.04 Å². The largest absolute Gasteiger partial charge is 0.381 e. The van der Waals surface area contributed by atoms with Gasteiger partial charge >= 0.3 is 0 Å². The average Bonchev–Trinajstić information content (AvgIpc) is 2.83. The van der Waals surface area contributed by atoms with E-state index in [1.165, 1.54) is 0 Å². The second-order valence-corrected chi connectivity index (χ2v) is 6.11. The van der Waals surface area contributed by atoms with Crippen LogP contribution in [0, 0.1) is 11.8 Å². The van der Waals surface area contributed by atoms with Crippen LogP contribution in [0.4, 0.5) is 0 Å². The van der Waals surface area contributed by atoms with Crippen molar-refractivity contribution < 1.29 is 4.74 Å². The smallest absolute Gasteiger partial charge is 0.167 e. The topological polar surface area (TPSA) is 64.9 Å². The van der Waals surface area contributed by atoms with Crippen LogP contribution in [0.15, 0.2) is 0 Å². The summed E-state index contributed by atoms with van der Waals surface area (Å²) in [6.07, 6.45) is 0.932. The van der Waals surface area contributed by atoms with Gasteiger partial charge in [0, 0.05) is 19.8 Å². The van der Waals surface area contributed by atoms with Crippen LogP contribution in [0.2, 0.25) is 0 Å². The fourth-order valence-corrected chi connectivity index (χ4v) is 1.82. The Morgan fingerprint density at radius 2 is 1.90 bits per heavy atom. The van der Waals surface area contributed by atoms with Gasteiger partial charge in [0.1, 0.15) is 0 Å². The van der Waals surface area contributed by atoms with Crippen molar-refractivity contribution in [2.45, 2.75) is 53.6 Å². The lowest BCUT2D eigenvalue weighted by molar-refractivity contribution is 0.104. The van der Waals surface area contributed by atoms with Crippen molar-refractivity contribution in [1.29, 1.82) is 0 Å². The number of rotatable bonds is 10. The first-order valence-electron chi connectivity index (χ1n) is 7.57. The first-order valence-corrected chi connectivity index (χ1v) is 7.57. The molecule has 1 aromatic rings. The Morgan fingerprint density at radius 3 is 2.55 bits per heavy atom. The number of aromatic nitrogens is 4. The fraction of sp³-hybridized carbons (Fsp3) is 0.929. The van der Waals surface area contributed by atoms with Crippen LogP contribution in [-0.2, 0) is 11.3 Å². The van der Waals surface area contributed by atoms with Gasteiger partial charge in [0.05, 0.1) is 6.04 Å². The third kappa shape index (κ3) is 6.43. The zero-order chi connectivity index (χ0) is 15.0. The molecule has 0 aliphatic heterocycles. The van der Waals surface area contributed by atoms with Gasteiger partial charge < -0.3 is 10.1 Å². The number of hydrogen-bond acceptors (Lipinski definition) is 5. The molecule has 1 N–H and O–H groups in total. The monoisotopic (exact) mass is 283 g/mol. The minimum atomic E-state index is 0.170. The molecule has 0 aliphatic carbocycles. The highest BCUT2D eigenvalue weighted by molar-refractivity contribution is 4.89. The molecule has 1 heterocycles. The van der Waals surface area contributed by atoms with Crippen LogP contribution in [0.5, 0.6) is 0 Å². The molecule has 0 aromatic carbocycles. The van der Waals surface area contributed by atoms with Gasteiger partial charge in [-0.05, 0) is 42.2 Å². The minimum Gasteiger partial charge on any atom is -0.381 e. The molecule has 1 atom stereocenters. The summed E-state index contributed by atoms with van der Waals surface area (Å²) in [7, 11) is 0. The van der Waals surface area contributed by atoms with Gasteiger partial charge in [0.15, 0.2) is 5.82 Å². The maximum atomic E-state index is 5.58. The zero-order valence-corrected chi connectivity index (χ0v) is 13.5. The van der Waals surface area contributed by atoms with E-state index in [0.717, 1.165) is 38.5 Å². The normalized spacial score (nSPS) is 13.3. The van der Waals surface area contributed by atoms with Crippen molar-refractivity contribution in [1.82, 2.24) is 25.5 Å². The number of nitrogens with one attached hydrogen (secondary N) is 1. The molecule has 1 unspecified atom stereocenters. The second kappa shape index (κ2) is 9.02. The number of hydrogen-bond donors (Lipinski definition) is 1. The van der Waals surface area contributed by atoms with Crippen LogP contribution in [0.3, 0.4) is 0 Å². The van der Waals surface area contributed by atoms with Crippen LogP contribution in [-0.4, -0.2) is 40.0 Å². The fourth-order valence-electron chi connectivity index (χ4n) is 1.82. The number of nitrogens with zero attached hydrogens (tertiary/aromatic N) is 4.